The molecule has 1 atom stereocenters. The van der Waals surface area contributed by atoms with Gasteiger partial charge < -0.3 is 0 Å². The molecule has 0 spiro atoms. The molecule has 1 unspecified atom stereocenters. The van der Waals surface area contributed by atoms with E-state index in [1.54, 1.807) is 0 Å². The van der Waals surface area contributed by atoms with Crippen molar-refractivity contribution in [2.24, 2.45) is 5.92 Å². The highest BCUT2D eigenvalue weighted by atomic mass is 33.1. The first-order chi connectivity index (χ1) is 13.0. The zero-order valence-corrected chi connectivity index (χ0v) is 17.4. The molecule has 6 heteroatoms. The molecule has 1 aromatic carbocycles. The first-order valence-corrected chi connectivity index (χ1v) is 11.0. The van der Waals surface area contributed by atoms with Gasteiger partial charge in [0.25, 0.3) is 0 Å². The minimum Gasteiger partial charge on any atom is -0.259 e. The van der Waals surface area contributed by atoms with Crippen LogP contribution in [-0.2, 0) is 6.54 Å². The molecule has 4 aromatic rings. The Morgan fingerprint density at radius 1 is 1.11 bits per heavy atom. The van der Waals surface area contributed by atoms with Gasteiger partial charge in [-0.1, -0.05) is 36.8 Å². The summed E-state index contributed by atoms with van der Waals surface area (Å²) in [5, 5.41) is 2.58. The molecule has 138 valence electrons. The van der Waals surface area contributed by atoms with E-state index in [0.29, 0.717) is 5.92 Å². The molecule has 0 amide bonds. The Kier molecular flexibility index (Phi) is 5.10. The molecule has 0 N–H and O–H groups in total. The van der Waals surface area contributed by atoms with Gasteiger partial charge in [-0.05, 0) is 30.4 Å². The highest BCUT2D eigenvalue weighted by Gasteiger charge is 2.12. The number of pyridine rings is 1. The summed E-state index contributed by atoms with van der Waals surface area (Å²) in [6, 6.07) is 8.57. The highest BCUT2D eigenvalue weighted by Crippen LogP contribution is 2.31. The van der Waals surface area contributed by atoms with Crippen LogP contribution in [0, 0.1) is 5.92 Å². The smallest absolute Gasteiger partial charge is 0.249 e. The zero-order chi connectivity index (χ0) is 19.0. The van der Waals surface area contributed by atoms with Gasteiger partial charge in [-0.2, -0.15) is 4.40 Å². The van der Waals surface area contributed by atoms with Crippen molar-refractivity contribution in [3.63, 3.8) is 0 Å². The van der Waals surface area contributed by atoms with Crippen LogP contribution in [0.5, 0.6) is 0 Å². The summed E-state index contributed by atoms with van der Waals surface area (Å²) in [6.07, 6.45) is 10.2. The standard InChI is InChI=1S/C21H22N4S2/c1-14(2)10-24-11-19-9-23-21(12-25(19)13-24)17-5-4-16-7-20(15(3)27-26)22-8-18(16)6-17/h4-9,11-15H,10H2,1-3H3/p+1. The van der Waals surface area contributed by atoms with E-state index in [-0.39, 0.29) is 5.25 Å². The summed E-state index contributed by atoms with van der Waals surface area (Å²) >= 11 is 4.30. The third-order valence-corrected chi connectivity index (χ3v) is 6.16. The lowest BCUT2D eigenvalue weighted by Gasteiger charge is -2.08. The van der Waals surface area contributed by atoms with Crippen LogP contribution in [-0.4, -0.2) is 14.4 Å². The van der Waals surface area contributed by atoms with Crippen LogP contribution in [0.4, 0.5) is 0 Å². The number of hydrogen-bond acceptors (Lipinski definition) is 4. The second-order valence-electron chi connectivity index (χ2n) is 7.36. The third-order valence-electron chi connectivity index (χ3n) is 4.66. The highest BCUT2D eigenvalue weighted by molar-refractivity contribution is 8.68. The fourth-order valence-electron chi connectivity index (χ4n) is 3.27. The molecule has 0 bridgehead atoms. The van der Waals surface area contributed by atoms with Crippen LogP contribution in [0.25, 0.3) is 27.5 Å². The lowest BCUT2D eigenvalue weighted by molar-refractivity contribution is -0.700. The Morgan fingerprint density at radius 2 is 1.96 bits per heavy atom. The molecule has 4 rings (SSSR count). The number of nitrogens with zero attached hydrogens (tertiary/aromatic N) is 4. The Balaban J connectivity index is 1.70. The number of benzene rings is 1. The van der Waals surface area contributed by atoms with Crippen LogP contribution in [0.1, 0.15) is 31.7 Å². The fourth-order valence-corrected chi connectivity index (χ4v) is 3.83. The Morgan fingerprint density at radius 3 is 2.74 bits per heavy atom. The first-order valence-electron chi connectivity index (χ1n) is 9.10. The number of fused-ring (bicyclic) bond motifs is 2. The third kappa shape index (κ3) is 3.82. The summed E-state index contributed by atoms with van der Waals surface area (Å²) in [5.74, 6) is 0.612. The van der Waals surface area contributed by atoms with Crippen molar-refractivity contribution in [1.29, 1.82) is 0 Å². The van der Waals surface area contributed by atoms with Gasteiger partial charge in [-0.15, -0.1) is 11.7 Å². The molecule has 0 aliphatic rings. The molecular weight excluding hydrogens is 372 g/mol. The van der Waals surface area contributed by atoms with Crippen molar-refractivity contribution in [2.75, 3.05) is 0 Å². The van der Waals surface area contributed by atoms with Gasteiger partial charge >= 0.3 is 0 Å². The second-order valence-corrected chi connectivity index (χ2v) is 8.91. The van der Waals surface area contributed by atoms with Crippen molar-refractivity contribution in [3.05, 3.63) is 61.1 Å². The fraction of sp³-hybridized carbons (Fsp3) is 0.286. The Labute approximate surface area is 168 Å². The van der Waals surface area contributed by atoms with E-state index in [0.717, 1.165) is 34.4 Å². The normalized spacial score (nSPS) is 12.9. The van der Waals surface area contributed by atoms with E-state index >= 15 is 0 Å². The van der Waals surface area contributed by atoms with Crippen LogP contribution in [0.15, 0.2) is 55.4 Å². The van der Waals surface area contributed by atoms with Crippen molar-refractivity contribution in [3.8, 4) is 11.3 Å². The van der Waals surface area contributed by atoms with Gasteiger partial charge in [0.15, 0.2) is 5.52 Å². The van der Waals surface area contributed by atoms with Gasteiger partial charge in [0.1, 0.15) is 18.1 Å². The average molecular weight is 396 g/mol. The van der Waals surface area contributed by atoms with Crippen molar-refractivity contribution >= 4 is 38.7 Å². The number of thiol groups is 1. The maximum absolute atomic E-state index is 4.67. The van der Waals surface area contributed by atoms with Crippen molar-refractivity contribution in [2.45, 2.75) is 32.6 Å². The number of rotatable bonds is 5. The van der Waals surface area contributed by atoms with Gasteiger partial charge in [-0.3, -0.25) is 4.98 Å². The van der Waals surface area contributed by atoms with Crippen molar-refractivity contribution < 1.29 is 4.57 Å². The van der Waals surface area contributed by atoms with Crippen LogP contribution < -0.4 is 4.57 Å². The lowest BCUT2D eigenvalue weighted by Crippen LogP contribution is -2.33. The molecule has 0 fully saturated rings. The van der Waals surface area contributed by atoms with Crippen LogP contribution in [0.2, 0.25) is 0 Å². The number of aromatic nitrogens is 4. The lowest BCUT2D eigenvalue weighted by atomic mass is 10.1. The van der Waals surface area contributed by atoms with E-state index in [4.69, 9.17) is 0 Å². The first kappa shape index (κ1) is 18.3. The largest absolute Gasteiger partial charge is 0.259 e. The SMILES string of the molecule is CC(C)C[n+]1cc2cnc(-c3ccc4cc(C(C)SS)ncc4c3)cn2c1. The quantitative estimate of drug-likeness (QED) is 0.289. The molecule has 4 nitrogen and oxygen atoms in total. The Bertz CT molecular complexity index is 1100. The maximum atomic E-state index is 4.67. The monoisotopic (exact) mass is 395 g/mol. The summed E-state index contributed by atoms with van der Waals surface area (Å²) in [4.78, 5) is 9.26. The van der Waals surface area contributed by atoms with E-state index in [1.807, 2.05) is 12.4 Å². The molecule has 0 saturated carbocycles. The Hall–Kier alpha value is -2.05. The summed E-state index contributed by atoms with van der Waals surface area (Å²) < 4.78 is 4.36. The molecule has 0 aliphatic heterocycles. The molecule has 0 aliphatic carbocycles. The topological polar surface area (TPSA) is 34.1 Å². The van der Waals surface area contributed by atoms with E-state index < -0.39 is 0 Å². The number of hydrogen-bond donors (Lipinski definition) is 1. The average Bonchev–Trinajstić information content (AvgIpc) is 3.07. The van der Waals surface area contributed by atoms with Crippen molar-refractivity contribution in [1.82, 2.24) is 14.4 Å². The minimum absolute atomic E-state index is 0.271. The molecule has 3 aromatic heterocycles. The van der Waals surface area contributed by atoms with E-state index in [9.17, 15) is 0 Å². The molecule has 0 radical (unpaired) electrons. The second kappa shape index (κ2) is 7.52. The summed E-state index contributed by atoms with van der Waals surface area (Å²) in [5.41, 5.74) is 4.21. The van der Waals surface area contributed by atoms with E-state index in [2.05, 4.69) is 94.4 Å². The molecule has 0 saturated heterocycles. The minimum atomic E-state index is 0.271. The van der Waals surface area contributed by atoms with Gasteiger partial charge in [0.05, 0.1) is 23.7 Å². The zero-order valence-electron chi connectivity index (χ0n) is 15.7. The molecule has 3 heterocycles. The van der Waals surface area contributed by atoms with Crippen LogP contribution >= 0.6 is 22.5 Å². The maximum Gasteiger partial charge on any atom is 0.249 e. The predicted octanol–water partition coefficient (Wildman–Crippen LogP) is 5.13. The molecular formula is C21H23N4S2+. The van der Waals surface area contributed by atoms with Gasteiger partial charge in [-0.25, -0.2) is 9.55 Å². The summed E-state index contributed by atoms with van der Waals surface area (Å²) in [6.45, 7) is 7.57. The van der Waals surface area contributed by atoms with E-state index in [1.165, 1.54) is 16.2 Å². The van der Waals surface area contributed by atoms with Crippen LogP contribution in [0.3, 0.4) is 0 Å². The summed E-state index contributed by atoms with van der Waals surface area (Å²) in [7, 11) is 1.51. The molecule has 27 heavy (non-hydrogen) atoms. The van der Waals surface area contributed by atoms with Gasteiger partial charge in [0.2, 0.25) is 6.33 Å². The number of imidazole rings is 1. The predicted molar refractivity (Wildman–Crippen MR) is 116 cm³/mol. The van der Waals surface area contributed by atoms with Gasteiger partial charge in [0, 0.05) is 17.1 Å².